The van der Waals surface area contributed by atoms with Crippen molar-refractivity contribution in [2.45, 2.75) is 24.9 Å². The van der Waals surface area contributed by atoms with Gasteiger partial charge in [0.1, 0.15) is 6.04 Å². The monoisotopic (exact) mass is 365 g/mol. The largest absolute Gasteiger partial charge is 0.418 e. The number of urea groups is 1. The molecule has 24 heavy (non-hydrogen) atoms. The van der Waals surface area contributed by atoms with Gasteiger partial charge in [0.2, 0.25) is 0 Å². The first-order valence-corrected chi connectivity index (χ1v) is 8.45. The van der Waals surface area contributed by atoms with Crippen LogP contribution in [0.25, 0.3) is 0 Å². The van der Waals surface area contributed by atoms with E-state index in [9.17, 15) is 22.8 Å². The molecule has 2 rings (SSSR count). The van der Waals surface area contributed by atoms with E-state index in [2.05, 4.69) is 15.1 Å². The number of amides is 4. The summed E-state index contributed by atoms with van der Waals surface area (Å²) in [7, 11) is -1.45. The van der Waals surface area contributed by atoms with Crippen LogP contribution >= 0.6 is 0 Å². The summed E-state index contributed by atoms with van der Waals surface area (Å²) in [4.78, 5) is 38.5. The molecule has 2 aliphatic rings. The van der Waals surface area contributed by atoms with Gasteiger partial charge < -0.3 is 9.80 Å². The third-order valence-electron chi connectivity index (χ3n) is 3.58. The Bertz CT molecular complexity index is 637. The van der Waals surface area contributed by atoms with E-state index in [1.807, 2.05) is 0 Å². The number of carbonyl (C=O) groups is 3. The average Bonchev–Trinajstić information content (AvgIpc) is 2.68. The molecule has 0 spiro atoms. The molecule has 13 heteroatoms. The normalized spacial score (nSPS) is 23.6. The van der Waals surface area contributed by atoms with E-state index in [1.165, 1.54) is 0 Å². The van der Waals surface area contributed by atoms with Crippen LogP contribution in [0.15, 0.2) is 0 Å². The van der Waals surface area contributed by atoms with Crippen molar-refractivity contribution in [1.29, 1.82) is 0 Å². The zero-order chi connectivity index (χ0) is 18.1. The van der Waals surface area contributed by atoms with Gasteiger partial charge in [0.15, 0.2) is 0 Å². The van der Waals surface area contributed by atoms with Crippen LogP contribution in [0.4, 0.5) is 4.79 Å². The minimum absolute atomic E-state index is 0.0750. The molecular formula is C11H19N5O7S. The number of piperidine rings is 1. The fraction of sp³-hybridized carbons (Fsp3) is 0.727. The van der Waals surface area contributed by atoms with Crippen LogP contribution in [0.5, 0.6) is 0 Å². The Hall–Kier alpha value is -1.96. The quantitative estimate of drug-likeness (QED) is 0.364. The minimum atomic E-state index is -4.83. The van der Waals surface area contributed by atoms with E-state index < -0.39 is 40.3 Å². The van der Waals surface area contributed by atoms with Gasteiger partial charge in [-0.3, -0.25) is 25.0 Å². The number of rotatable bonds is 5. The van der Waals surface area contributed by atoms with Crippen molar-refractivity contribution in [3.63, 3.8) is 0 Å². The molecule has 0 aromatic carbocycles. The van der Waals surface area contributed by atoms with Crippen molar-refractivity contribution in [2.24, 2.45) is 0 Å². The first-order valence-electron chi connectivity index (χ1n) is 7.08. The minimum Gasteiger partial charge on any atom is -0.309 e. The molecule has 2 heterocycles. The first-order chi connectivity index (χ1) is 11.1. The fourth-order valence-corrected chi connectivity index (χ4v) is 3.03. The molecule has 2 unspecified atom stereocenters. The van der Waals surface area contributed by atoms with Gasteiger partial charge in [0, 0.05) is 6.54 Å². The molecule has 2 fully saturated rings. The molecule has 2 aliphatic heterocycles. The Labute approximate surface area is 138 Å². The number of likely N-dealkylation sites (N-methyl/N-ethyl adjacent to an activating group) is 1. The summed E-state index contributed by atoms with van der Waals surface area (Å²) in [5.74, 6) is -1.02. The molecule has 0 radical (unpaired) electrons. The standard InChI is InChI=1S/C11H19N5O7S/c1-14(2)6-9(17)12-13-10(18)8-4-3-7-5-15(8)11(19)16(7)23-24(20,21)22/h7-8H,3-6H2,1-2H3,(H,12,17)(H,13,18)(H,20,21,22). The maximum Gasteiger partial charge on any atom is 0.418 e. The number of hydrogen-bond donors (Lipinski definition) is 3. The van der Waals surface area contributed by atoms with E-state index >= 15 is 0 Å². The van der Waals surface area contributed by atoms with Gasteiger partial charge in [-0.05, 0) is 26.9 Å². The first kappa shape index (κ1) is 18.4. The maximum atomic E-state index is 12.2. The Kier molecular flexibility index (Phi) is 5.27. The van der Waals surface area contributed by atoms with Crippen LogP contribution in [0.2, 0.25) is 0 Å². The Morgan fingerprint density at radius 2 is 2.00 bits per heavy atom. The number of hydroxylamine groups is 2. The van der Waals surface area contributed by atoms with Crippen molar-refractivity contribution in [2.75, 3.05) is 27.2 Å². The zero-order valence-electron chi connectivity index (χ0n) is 13.1. The number of hydrogen-bond acceptors (Lipinski definition) is 7. The summed E-state index contributed by atoms with van der Waals surface area (Å²) in [6, 6.07) is -2.29. The van der Waals surface area contributed by atoms with Gasteiger partial charge in [-0.15, -0.1) is 4.28 Å². The van der Waals surface area contributed by atoms with Crippen LogP contribution in [0.3, 0.4) is 0 Å². The average molecular weight is 365 g/mol. The Morgan fingerprint density at radius 3 is 2.58 bits per heavy atom. The van der Waals surface area contributed by atoms with Crippen LogP contribution < -0.4 is 10.9 Å². The van der Waals surface area contributed by atoms with Crippen molar-refractivity contribution in [3.8, 4) is 0 Å². The van der Waals surface area contributed by atoms with E-state index in [4.69, 9.17) is 4.55 Å². The fourth-order valence-electron chi connectivity index (χ4n) is 2.65. The predicted molar refractivity (Wildman–Crippen MR) is 78.2 cm³/mol. The highest BCUT2D eigenvalue weighted by atomic mass is 32.3. The number of carbonyl (C=O) groups excluding carboxylic acids is 3. The zero-order valence-corrected chi connectivity index (χ0v) is 13.9. The highest BCUT2D eigenvalue weighted by Crippen LogP contribution is 2.30. The molecule has 136 valence electrons. The third kappa shape index (κ3) is 4.31. The SMILES string of the molecule is CN(C)CC(=O)NNC(=O)C1CCC2CN1C(=O)N2OS(=O)(=O)O. The summed E-state index contributed by atoms with van der Waals surface area (Å²) in [6.07, 6.45) is 0.568. The van der Waals surface area contributed by atoms with Crippen molar-refractivity contribution < 1.29 is 31.6 Å². The number of fused-ring (bicyclic) bond motifs is 2. The molecule has 0 aromatic rings. The molecule has 0 saturated carbocycles. The lowest BCUT2D eigenvalue weighted by Gasteiger charge is -2.29. The van der Waals surface area contributed by atoms with Crippen LogP contribution in [-0.4, -0.2) is 84.9 Å². The molecular weight excluding hydrogens is 346 g/mol. The van der Waals surface area contributed by atoms with Crippen LogP contribution in [-0.2, 0) is 24.3 Å². The van der Waals surface area contributed by atoms with E-state index in [0.717, 1.165) is 4.90 Å². The molecule has 12 nitrogen and oxygen atoms in total. The smallest absolute Gasteiger partial charge is 0.309 e. The summed E-state index contributed by atoms with van der Waals surface area (Å²) < 4.78 is 34.6. The van der Waals surface area contributed by atoms with Gasteiger partial charge in [-0.2, -0.15) is 13.5 Å². The summed E-state index contributed by atoms with van der Waals surface area (Å²) in [5, 5.41) is 0.549. The summed E-state index contributed by atoms with van der Waals surface area (Å²) in [6.45, 7) is 0.156. The molecule has 2 bridgehead atoms. The lowest BCUT2D eigenvalue weighted by Crippen LogP contribution is -2.55. The van der Waals surface area contributed by atoms with Crippen LogP contribution in [0.1, 0.15) is 12.8 Å². The second-order valence-electron chi connectivity index (χ2n) is 5.79. The predicted octanol–water partition coefficient (Wildman–Crippen LogP) is -2.30. The van der Waals surface area contributed by atoms with Gasteiger partial charge in [0.05, 0.1) is 12.6 Å². The molecule has 0 aromatic heterocycles. The molecule has 4 amide bonds. The Morgan fingerprint density at radius 1 is 1.33 bits per heavy atom. The molecule has 2 atom stereocenters. The highest BCUT2D eigenvalue weighted by molar-refractivity contribution is 7.80. The van der Waals surface area contributed by atoms with Gasteiger partial charge in [-0.25, -0.2) is 4.79 Å². The second kappa shape index (κ2) is 6.88. The molecule has 2 saturated heterocycles. The number of hydrazine groups is 1. The van der Waals surface area contributed by atoms with Gasteiger partial charge in [0.25, 0.3) is 11.8 Å². The van der Waals surface area contributed by atoms with Crippen molar-refractivity contribution >= 4 is 28.2 Å². The summed E-state index contributed by atoms with van der Waals surface area (Å²) in [5.41, 5.74) is 4.47. The van der Waals surface area contributed by atoms with Crippen molar-refractivity contribution in [1.82, 2.24) is 25.7 Å². The summed E-state index contributed by atoms with van der Waals surface area (Å²) >= 11 is 0. The highest BCUT2D eigenvalue weighted by Gasteiger charge is 2.49. The van der Waals surface area contributed by atoms with Crippen molar-refractivity contribution in [3.05, 3.63) is 0 Å². The lowest BCUT2D eigenvalue weighted by atomic mass is 10.0. The van der Waals surface area contributed by atoms with E-state index in [1.54, 1.807) is 19.0 Å². The van der Waals surface area contributed by atoms with E-state index in [-0.39, 0.29) is 19.5 Å². The van der Waals surface area contributed by atoms with Gasteiger partial charge in [-0.1, -0.05) is 0 Å². The van der Waals surface area contributed by atoms with E-state index in [0.29, 0.717) is 11.5 Å². The maximum absolute atomic E-state index is 12.2. The second-order valence-corrected chi connectivity index (χ2v) is 6.79. The lowest BCUT2D eigenvalue weighted by molar-refractivity contribution is -0.132. The third-order valence-corrected chi connectivity index (χ3v) is 3.93. The Balaban J connectivity index is 1.96. The molecule has 0 aliphatic carbocycles. The molecule has 3 N–H and O–H groups in total. The topological polar surface area (TPSA) is 149 Å². The number of nitrogens with one attached hydrogen (secondary N) is 2. The number of nitrogens with zero attached hydrogens (tertiary/aromatic N) is 3. The van der Waals surface area contributed by atoms with Crippen LogP contribution in [0, 0.1) is 0 Å². The van der Waals surface area contributed by atoms with Gasteiger partial charge >= 0.3 is 16.4 Å².